The first-order valence-corrected chi connectivity index (χ1v) is 3.31. The van der Waals surface area contributed by atoms with E-state index in [1.807, 2.05) is 6.26 Å². The standard InChI is InChI=1S/C4H9NOS/c1-6-4(5)3-7-2/h5H,3H2,1-2H3. The van der Waals surface area contributed by atoms with Gasteiger partial charge in [0, 0.05) is 0 Å². The van der Waals surface area contributed by atoms with Gasteiger partial charge in [-0.2, -0.15) is 11.8 Å². The number of hydrogen-bond acceptors (Lipinski definition) is 3. The zero-order valence-electron chi connectivity index (χ0n) is 4.52. The molecule has 0 unspecified atom stereocenters. The highest BCUT2D eigenvalue weighted by Gasteiger charge is 1.87. The third-order valence-electron chi connectivity index (χ3n) is 0.522. The minimum Gasteiger partial charge on any atom is -0.484 e. The molecular formula is C4H9NOS. The van der Waals surface area contributed by atoms with Crippen molar-refractivity contribution < 1.29 is 4.74 Å². The molecule has 0 aromatic carbocycles. The van der Waals surface area contributed by atoms with Gasteiger partial charge in [-0.1, -0.05) is 0 Å². The van der Waals surface area contributed by atoms with Gasteiger partial charge < -0.3 is 4.74 Å². The Bertz CT molecular complexity index is 64.7. The molecule has 0 radical (unpaired) electrons. The Morgan fingerprint density at radius 1 is 1.86 bits per heavy atom. The number of hydrogen-bond donors (Lipinski definition) is 1. The molecule has 0 aliphatic rings. The molecule has 0 aliphatic heterocycles. The summed E-state index contributed by atoms with van der Waals surface area (Å²) >= 11 is 1.58. The molecule has 0 bridgehead atoms. The van der Waals surface area contributed by atoms with Crippen LogP contribution in [0, 0.1) is 5.41 Å². The number of nitrogens with one attached hydrogen (secondary N) is 1. The summed E-state index contributed by atoms with van der Waals surface area (Å²) in [6.07, 6.45) is 1.94. The van der Waals surface area contributed by atoms with Crippen LogP contribution in [0.5, 0.6) is 0 Å². The lowest BCUT2D eigenvalue weighted by atomic mass is 10.8. The summed E-state index contributed by atoms with van der Waals surface area (Å²) in [5.74, 6) is 1.02. The minimum atomic E-state index is 0.340. The molecule has 0 atom stereocenters. The fraction of sp³-hybridized carbons (Fsp3) is 0.750. The number of methoxy groups -OCH3 is 1. The molecule has 3 heteroatoms. The fourth-order valence-electron chi connectivity index (χ4n) is 0.190. The first-order valence-electron chi connectivity index (χ1n) is 1.91. The molecule has 0 fully saturated rings. The van der Waals surface area contributed by atoms with Crippen LogP contribution in [-0.2, 0) is 4.74 Å². The van der Waals surface area contributed by atoms with Crippen molar-refractivity contribution in [3.63, 3.8) is 0 Å². The maximum Gasteiger partial charge on any atom is 0.190 e. The van der Waals surface area contributed by atoms with E-state index in [1.165, 1.54) is 7.11 Å². The van der Waals surface area contributed by atoms with Crippen LogP contribution in [-0.4, -0.2) is 25.0 Å². The van der Waals surface area contributed by atoms with Gasteiger partial charge in [0.25, 0.3) is 0 Å². The lowest BCUT2D eigenvalue weighted by Gasteiger charge is -1.95. The van der Waals surface area contributed by atoms with Gasteiger partial charge in [0.2, 0.25) is 0 Å². The van der Waals surface area contributed by atoms with Crippen LogP contribution in [0.2, 0.25) is 0 Å². The molecule has 42 valence electrons. The summed E-state index contributed by atoms with van der Waals surface area (Å²) < 4.78 is 4.55. The summed E-state index contributed by atoms with van der Waals surface area (Å²) in [7, 11) is 1.51. The van der Waals surface area contributed by atoms with Crippen molar-refractivity contribution >= 4 is 17.7 Å². The number of ether oxygens (including phenoxy) is 1. The van der Waals surface area contributed by atoms with Crippen molar-refractivity contribution in [3.8, 4) is 0 Å². The van der Waals surface area contributed by atoms with Gasteiger partial charge in [0.15, 0.2) is 5.90 Å². The van der Waals surface area contributed by atoms with Crippen molar-refractivity contribution in [2.75, 3.05) is 19.1 Å². The first kappa shape index (κ1) is 6.82. The molecule has 0 aromatic rings. The molecule has 1 N–H and O–H groups in total. The molecule has 0 aliphatic carbocycles. The van der Waals surface area contributed by atoms with Gasteiger partial charge in [0.1, 0.15) is 0 Å². The molecule has 0 amide bonds. The highest BCUT2D eigenvalue weighted by Crippen LogP contribution is 1.90. The molecule has 0 saturated heterocycles. The van der Waals surface area contributed by atoms with E-state index in [0.29, 0.717) is 11.7 Å². The summed E-state index contributed by atoms with van der Waals surface area (Å²) in [6.45, 7) is 0. The van der Waals surface area contributed by atoms with Crippen LogP contribution in [0.25, 0.3) is 0 Å². The maximum absolute atomic E-state index is 6.89. The van der Waals surface area contributed by atoms with Crippen LogP contribution >= 0.6 is 11.8 Å². The van der Waals surface area contributed by atoms with Crippen LogP contribution in [0.4, 0.5) is 0 Å². The van der Waals surface area contributed by atoms with Gasteiger partial charge in [-0.3, -0.25) is 5.41 Å². The monoisotopic (exact) mass is 119 g/mol. The molecule has 0 aromatic heterocycles. The van der Waals surface area contributed by atoms with Crippen LogP contribution in [0.15, 0.2) is 0 Å². The first-order chi connectivity index (χ1) is 3.31. The summed E-state index contributed by atoms with van der Waals surface area (Å²) in [5, 5.41) is 6.89. The maximum atomic E-state index is 6.89. The normalized spacial score (nSPS) is 8.29. The van der Waals surface area contributed by atoms with Crippen molar-refractivity contribution in [3.05, 3.63) is 0 Å². The lowest BCUT2D eigenvalue weighted by Crippen LogP contribution is -2.00. The SMILES string of the molecule is COC(=N)CSC. The average Bonchev–Trinajstić information content (AvgIpc) is 1.68. The minimum absolute atomic E-state index is 0.340. The van der Waals surface area contributed by atoms with Crippen molar-refractivity contribution in [2.24, 2.45) is 0 Å². The third-order valence-corrected chi connectivity index (χ3v) is 1.07. The molecular weight excluding hydrogens is 110 g/mol. The van der Waals surface area contributed by atoms with Gasteiger partial charge in [-0.05, 0) is 6.26 Å². The Balaban J connectivity index is 3.00. The average molecular weight is 119 g/mol. The predicted molar refractivity (Wildman–Crippen MR) is 33.1 cm³/mol. The van der Waals surface area contributed by atoms with Gasteiger partial charge in [-0.15, -0.1) is 0 Å². The van der Waals surface area contributed by atoms with Crippen molar-refractivity contribution in [1.82, 2.24) is 0 Å². The Kier molecular flexibility index (Phi) is 3.89. The van der Waals surface area contributed by atoms with E-state index in [1.54, 1.807) is 11.8 Å². The highest BCUT2D eigenvalue weighted by molar-refractivity contribution is 7.99. The second-order valence-corrected chi connectivity index (χ2v) is 1.93. The summed E-state index contributed by atoms with van der Waals surface area (Å²) in [5.41, 5.74) is 0. The van der Waals surface area contributed by atoms with E-state index in [9.17, 15) is 0 Å². The fourth-order valence-corrected chi connectivity index (χ4v) is 0.570. The zero-order chi connectivity index (χ0) is 5.70. The molecule has 0 heterocycles. The lowest BCUT2D eigenvalue weighted by molar-refractivity contribution is 0.397. The van der Waals surface area contributed by atoms with Gasteiger partial charge >= 0.3 is 0 Å². The van der Waals surface area contributed by atoms with E-state index >= 15 is 0 Å². The van der Waals surface area contributed by atoms with E-state index in [-0.39, 0.29) is 0 Å². The third kappa shape index (κ3) is 3.66. The molecule has 2 nitrogen and oxygen atoms in total. The quantitative estimate of drug-likeness (QED) is 0.434. The number of thioether (sulfide) groups is 1. The highest BCUT2D eigenvalue weighted by atomic mass is 32.2. The van der Waals surface area contributed by atoms with Crippen molar-refractivity contribution in [2.45, 2.75) is 0 Å². The molecule has 7 heavy (non-hydrogen) atoms. The Morgan fingerprint density at radius 2 is 2.43 bits per heavy atom. The summed E-state index contributed by atoms with van der Waals surface area (Å²) in [6, 6.07) is 0. The topological polar surface area (TPSA) is 33.1 Å². The van der Waals surface area contributed by atoms with Crippen LogP contribution in [0.3, 0.4) is 0 Å². The number of rotatable bonds is 2. The molecule has 0 saturated carbocycles. The van der Waals surface area contributed by atoms with E-state index in [0.717, 1.165) is 0 Å². The van der Waals surface area contributed by atoms with Gasteiger partial charge in [0.05, 0.1) is 12.9 Å². The smallest absolute Gasteiger partial charge is 0.190 e. The van der Waals surface area contributed by atoms with E-state index in [2.05, 4.69) is 4.74 Å². The molecule has 0 spiro atoms. The van der Waals surface area contributed by atoms with Crippen LogP contribution in [0.1, 0.15) is 0 Å². The predicted octanol–water partition coefficient (Wildman–Crippen LogP) is 0.973. The van der Waals surface area contributed by atoms with E-state index in [4.69, 9.17) is 5.41 Å². The van der Waals surface area contributed by atoms with E-state index < -0.39 is 0 Å². The zero-order valence-corrected chi connectivity index (χ0v) is 5.34. The largest absolute Gasteiger partial charge is 0.484 e. The Labute approximate surface area is 47.8 Å². The Morgan fingerprint density at radius 3 is 2.57 bits per heavy atom. The summed E-state index contributed by atoms with van der Waals surface area (Å²) in [4.78, 5) is 0. The van der Waals surface area contributed by atoms with Crippen LogP contribution < -0.4 is 0 Å². The second-order valence-electron chi connectivity index (χ2n) is 1.06. The van der Waals surface area contributed by atoms with Crippen molar-refractivity contribution in [1.29, 1.82) is 5.41 Å². The second kappa shape index (κ2) is 3.99. The Hall–Kier alpha value is -0.180. The molecule has 0 rings (SSSR count). The van der Waals surface area contributed by atoms with Gasteiger partial charge in [-0.25, -0.2) is 0 Å².